The van der Waals surface area contributed by atoms with Crippen LogP contribution in [0.25, 0.3) is 10.9 Å². The Balaban J connectivity index is 0.00000120. The van der Waals surface area contributed by atoms with Gasteiger partial charge in [0, 0.05) is 55.4 Å². The van der Waals surface area contributed by atoms with Gasteiger partial charge in [0.05, 0.1) is 6.10 Å². The van der Waals surface area contributed by atoms with Crippen molar-refractivity contribution in [1.82, 2.24) is 4.98 Å². The van der Waals surface area contributed by atoms with Crippen LogP contribution in [-0.2, 0) is 32.7 Å². The summed E-state index contributed by atoms with van der Waals surface area (Å²) in [6.07, 6.45) is 1.27. The normalized spacial score (nSPS) is 12.1. The van der Waals surface area contributed by atoms with Gasteiger partial charge in [0.25, 0.3) is 0 Å². The molecule has 1 radical (unpaired) electrons. The minimum atomic E-state index is -0.597. The van der Waals surface area contributed by atoms with Crippen molar-refractivity contribution in [3.8, 4) is 0 Å². The molecule has 2 N–H and O–H groups in total. The Labute approximate surface area is 131 Å². The molecule has 3 aromatic rings. The summed E-state index contributed by atoms with van der Waals surface area (Å²) in [5.41, 5.74) is 2.84. The Morgan fingerprint density at radius 1 is 1.06 bits per heavy atom. The van der Waals surface area contributed by atoms with E-state index >= 15 is 0 Å². The number of rotatable bonds is 2. The van der Waals surface area contributed by atoms with E-state index in [1.165, 1.54) is 0 Å². The van der Waals surface area contributed by atoms with Crippen molar-refractivity contribution in [2.45, 2.75) is 6.10 Å². The zero-order valence-electron chi connectivity index (χ0n) is 9.80. The number of aliphatic hydroxyl groups is 1. The molecule has 1 heterocycles. The maximum absolute atomic E-state index is 10.3. The summed E-state index contributed by atoms with van der Waals surface area (Å²) in [6, 6.07) is 18.3. The van der Waals surface area contributed by atoms with Crippen molar-refractivity contribution in [2.75, 3.05) is 0 Å². The van der Waals surface area contributed by atoms with Crippen LogP contribution in [0.5, 0.6) is 0 Å². The predicted molar refractivity (Wildman–Crippen MR) is 67.6 cm³/mol. The Hall–Kier alpha value is -0.956. The van der Waals surface area contributed by atoms with Crippen molar-refractivity contribution >= 4 is 10.9 Å². The van der Waals surface area contributed by atoms with Gasteiger partial charge in [-0.3, -0.25) is 0 Å². The first-order valence-electron chi connectivity index (χ1n) is 5.56. The minimum Gasteiger partial charge on any atom is -0.386 e. The first-order valence-corrected chi connectivity index (χ1v) is 5.56. The van der Waals surface area contributed by atoms with E-state index in [9.17, 15) is 5.11 Å². The molecule has 3 rings (SSSR count). The average Bonchev–Trinajstić information content (AvgIpc) is 2.83. The molecule has 0 aliphatic heterocycles. The van der Waals surface area contributed by atoms with Crippen LogP contribution in [0.1, 0.15) is 17.2 Å². The second-order valence-corrected chi connectivity index (χ2v) is 4.03. The molecule has 2 aromatic carbocycles. The molecular formula is C15H12NOY-. The molecule has 1 unspecified atom stereocenters. The van der Waals surface area contributed by atoms with Crippen LogP contribution in [-0.4, -0.2) is 10.1 Å². The number of aromatic amines is 1. The van der Waals surface area contributed by atoms with Crippen LogP contribution in [0.3, 0.4) is 0 Å². The number of nitrogens with one attached hydrogen (secondary N) is 1. The molecule has 1 aromatic heterocycles. The van der Waals surface area contributed by atoms with E-state index in [0.29, 0.717) is 0 Å². The van der Waals surface area contributed by atoms with Crippen LogP contribution in [0.15, 0.2) is 54.7 Å². The molecule has 0 bridgehead atoms. The second kappa shape index (κ2) is 5.79. The smallest absolute Gasteiger partial charge is 0.0842 e. The van der Waals surface area contributed by atoms with Gasteiger partial charge < -0.3 is 10.1 Å². The second-order valence-electron chi connectivity index (χ2n) is 4.03. The quantitative estimate of drug-likeness (QED) is 0.701. The predicted octanol–water partition coefficient (Wildman–Crippen LogP) is 3.05. The van der Waals surface area contributed by atoms with E-state index in [1.54, 1.807) is 0 Å². The number of H-pyrrole nitrogens is 1. The van der Waals surface area contributed by atoms with E-state index < -0.39 is 6.10 Å². The maximum Gasteiger partial charge on any atom is 0.0842 e. The number of para-hydroxylation sites is 1. The minimum absolute atomic E-state index is 0. The fourth-order valence-electron chi connectivity index (χ4n) is 2.08. The van der Waals surface area contributed by atoms with Gasteiger partial charge in [-0.1, -0.05) is 18.2 Å². The summed E-state index contributed by atoms with van der Waals surface area (Å²) in [6.45, 7) is 0. The maximum atomic E-state index is 10.3. The van der Waals surface area contributed by atoms with E-state index in [1.807, 2.05) is 54.7 Å². The first-order chi connectivity index (χ1) is 8.36. The third-order valence-corrected chi connectivity index (χ3v) is 2.98. The van der Waals surface area contributed by atoms with Crippen LogP contribution < -0.4 is 0 Å². The molecular weight excluding hydrogens is 299 g/mol. The Morgan fingerprint density at radius 2 is 1.78 bits per heavy atom. The van der Waals surface area contributed by atoms with Crippen LogP contribution >= 0.6 is 0 Å². The summed E-state index contributed by atoms with van der Waals surface area (Å²) >= 11 is 0. The average molecular weight is 311 g/mol. The summed E-state index contributed by atoms with van der Waals surface area (Å²) < 4.78 is 0. The molecule has 2 nitrogen and oxygen atoms in total. The molecule has 0 spiro atoms. The van der Waals surface area contributed by atoms with E-state index in [-0.39, 0.29) is 32.7 Å². The fourth-order valence-corrected chi connectivity index (χ4v) is 2.08. The van der Waals surface area contributed by atoms with Crippen molar-refractivity contribution in [2.24, 2.45) is 0 Å². The topological polar surface area (TPSA) is 36.0 Å². The van der Waals surface area contributed by atoms with Crippen LogP contribution in [0.2, 0.25) is 0 Å². The van der Waals surface area contributed by atoms with Gasteiger partial charge in [0.15, 0.2) is 0 Å². The zero-order valence-corrected chi connectivity index (χ0v) is 12.6. The molecule has 0 aliphatic carbocycles. The molecule has 0 aliphatic rings. The standard InChI is InChI=1S/C15H12NO.Y/c17-15(11-6-2-1-3-7-11)13-10-16-14-9-5-4-8-12(13)14;/h2-10,15-17H;/q-1;. The van der Waals surface area contributed by atoms with Gasteiger partial charge >= 0.3 is 0 Å². The van der Waals surface area contributed by atoms with Gasteiger partial charge in [-0.25, -0.2) is 0 Å². The molecule has 0 saturated carbocycles. The fraction of sp³-hybridized carbons (Fsp3) is 0.0667. The number of hydrogen-bond donors (Lipinski definition) is 2. The number of benzene rings is 2. The molecule has 3 heteroatoms. The molecule has 18 heavy (non-hydrogen) atoms. The summed E-state index contributed by atoms with van der Waals surface area (Å²) in [5.74, 6) is 0. The monoisotopic (exact) mass is 311 g/mol. The zero-order chi connectivity index (χ0) is 11.7. The molecule has 0 amide bonds. The van der Waals surface area contributed by atoms with E-state index in [4.69, 9.17) is 0 Å². The Bertz CT molecular complexity index is 633. The Morgan fingerprint density at radius 3 is 2.56 bits per heavy atom. The van der Waals surface area contributed by atoms with Crippen LogP contribution in [0.4, 0.5) is 0 Å². The van der Waals surface area contributed by atoms with Crippen molar-refractivity contribution in [1.29, 1.82) is 0 Å². The number of aromatic nitrogens is 1. The van der Waals surface area contributed by atoms with E-state index in [0.717, 1.165) is 22.0 Å². The molecule has 0 fully saturated rings. The largest absolute Gasteiger partial charge is 0.386 e. The Kier molecular flexibility index (Phi) is 4.33. The molecule has 87 valence electrons. The molecule has 1 atom stereocenters. The third-order valence-electron chi connectivity index (χ3n) is 2.98. The summed E-state index contributed by atoms with van der Waals surface area (Å²) in [7, 11) is 0. The number of fused-ring (bicyclic) bond motifs is 1. The number of hydrogen-bond acceptors (Lipinski definition) is 1. The molecule has 0 saturated heterocycles. The van der Waals surface area contributed by atoms with Crippen molar-refractivity contribution in [3.05, 3.63) is 71.9 Å². The summed E-state index contributed by atoms with van der Waals surface area (Å²) in [5, 5.41) is 11.4. The van der Waals surface area contributed by atoms with Gasteiger partial charge in [0.2, 0.25) is 0 Å². The van der Waals surface area contributed by atoms with Crippen molar-refractivity contribution < 1.29 is 37.8 Å². The summed E-state index contributed by atoms with van der Waals surface area (Å²) in [4.78, 5) is 3.17. The van der Waals surface area contributed by atoms with Gasteiger partial charge in [0.1, 0.15) is 0 Å². The first kappa shape index (κ1) is 13.5. The third kappa shape index (κ3) is 2.42. The SMILES string of the molecule is OC(c1cc[c-]cc1)c1c[nH]c2ccccc12.[Y]. The van der Waals surface area contributed by atoms with Crippen LogP contribution in [0, 0.1) is 6.07 Å². The van der Waals surface area contributed by atoms with Gasteiger partial charge in [-0.15, -0.1) is 5.56 Å². The van der Waals surface area contributed by atoms with Crippen molar-refractivity contribution in [3.63, 3.8) is 0 Å². The van der Waals surface area contributed by atoms with Gasteiger partial charge in [-0.05, 0) is 6.07 Å². The van der Waals surface area contributed by atoms with Gasteiger partial charge in [-0.2, -0.15) is 30.3 Å². The number of aliphatic hydroxyl groups excluding tert-OH is 1. The van der Waals surface area contributed by atoms with E-state index in [2.05, 4.69) is 11.1 Å².